The summed E-state index contributed by atoms with van der Waals surface area (Å²) in [5.74, 6) is 1.13. The van der Waals surface area contributed by atoms with Crippen molar-refractivity contribution in [3.63, 3.8) is 0 Å². The molecule has 0 bridgehead atoms. The Balaban J connectivity index is 1.37. The third kappa shape index (κ3) is 3.55. The Kier molecular flexibility index (Phi) is 4.21. The van der Waals surface area contributed by atoms with Crippen LogP contribution in [0.2, 0.25) is 0 Å². The molecule has 0 aromatic carbocycles. The van der Waals surface area contributed by atoms with Gasteiger partial charge in [-0.2, -0.15) is 5.10 Å². The molecule has 1 saturated heterocycles. The quantitative estimate of drug-likeness (QED) is 0.856. The number of hydrogen-bond acceptors (Lipinski definition) is 4. The van der Waals surface area contributed by atoms with Crippen molar-refractivity contribution in [2.45, 2.75) is 25.8 Å². The average Bonchev–Trinajstić information content (AvgIpc) is 3.13. The number of nitrogens with zero attached hydrogens (tertiary/aromatic N) is 4. The Bertz CT molecular complexity index is 770. The van der Waals surface area contributed by atoms with Crippen LogP contribution in [0.25, 0.3) is 5.82 Å². The lowest BCUT2D eigenvalue weighted by molar-refractivity contribution is -0.129. The lowest BCUT2D eigenvalue weighted by Gasteiger charge is -2.16. The summed E-state index contributed by atoms with van der Waals surface area (Å²) in [4.78, 5) is 30.7. The van der Waals surface area contributed by atoms with E-state index in [1.165, 1.54) is 12.8 Å². The monoisotopic (exact) mass is 339 g/mol. The molecule has 1 saturated carbocycles. The summed E-state index contributed by atoms with van der Waals surface area (Å²) in [5, 5.41) is 7.15. The van der Waals surface area contributed by atoms with Crippen LogP contribution in [0.3, 0.4) is 0 Å². The maximum absolute atomic E-state index is 12.5. The van der Waals surface area contributed by atoms with Crippen LogP contribution in [0, 0.1) is 11.8 Å². The predicted molar refractivity (Wildman–Crippen MR) is 90.6 cm³/mol. The van der Waals surface area contributed by atoms with Gasteiger partial charge >= 0.3 is 0 Å². The second kappa shape index (κ2) is 6.66. The number of carbonyl (C=O) groups is 2. The van der Waals surface area contributed by atoms with E-state index in [-0.39, 0.29) is 17.7 Å². The zero-order valence-corrected chi connectivity index (χ0v) is 14.0. The van der Waals surface area contributed by atoms with Crippen LogP contribution in [-0.2, 0) is 16.1 Å². The molecule has 1 unspecified atom stereocenters. The molecule has 2 amide bonds. The highest BCUT2D eigenvalue weighted by Crippen LogP contribution is 2.32. The zero-order valence-electron chi connectivity index (χ0n) is 14.0. The van der Waals surface area contributed by atoms with E-state index < -0.39 is 0 Å². The Morgan fingerprint density at radius 1 is 1.28 bits per heavy atom. The number of aromatic nitrogens is 3. The Labute approximate surface area is 146 Å². The molecule has 1 aliphatic heterocycles. The largest absolute Gasteiger partial charge is 0.352 e. The van der Waals surface area contributed by atoms with Crippen molar-refractivity contribution in [1.29, 1.82) is 0 Å². The summed E-state index contributed by atoms with van der Waals surface area (Å²) in [6.07, 6.45) is 7.94. The van der Waals surface area contributed by atoms with Crippen LogP contribution in [0.15, 0.2) is 36.8 Å². The fourth-order valence-corrected chi connectivity index (χ4v) is 3.23. The molecular weight excluding hydrogens is 318 g/mol. The fourth-order valence-electron chi connectivity index (χ4n) is 3.23. The Morgan fingerprint density at radius 2 is 2.16 bits per heavy atom. The molecule has 2 aromatic heterocycles. The Hall–Kier alpha value is -2.70. The number of carbonyl (C=O) groups excluding carboxylic acids is 2. The molecule has 2 aliphatic rings. The Morgan fingerprint density at radius 3 is 2.92 bits per heavy atom. The van der Waals surface area contributed by atoms with Gasteiger partial charge in [0.05, 0.1) is 5.92 Å². The maximum atomic E-state index is 12.5. The maximum Gasteiger partial charge on any atom is 0.225 e. The van der Waals surface area contributed by atoms with Gasteiger partial charge in [-0.1, -0.05) is 6.07 Å². The molecule has 4 rings (SSSR count). The molecule has 0 spiro atoms. The molecule has 3 heterocycles. The highest BCUT2D eigenvalue weighted by atomic mass is 16.2. The van der Waals surface area contributed by atoms with Gasteiger partial charge in [0, 0.05) is 50.2 Å². The third-order valence-electron chi connectivity index (χ3n) is 4.80. The first kappa shape index (κ1) is 15.8. The van der Waals surface area contributed by atoms with Crippen molar-refractivity contribution in [1.82, 2.24) is 25.0 Å². The first-order valence-electron chi connectivity index (χ1n) is 8.70. The van der Waals surface area contributed by atoms with Gasteiger partial charge in [-0.25, -0.2) is 9.67 Å². The minimum Gasteiger partial charge on any atom is -0.352 e. The molecule has 7 heteroatoms. The summed E-state index contributed by atoms with van der Waals surface area (Å²) < 4.78 is 1.68. The van der Waals surface area contributed by atoms with Crippen LogP contribution in [-0.4, -0.2) is 44.6 Å². The van der Waals surface area contributed by atoms with E-state index in [2.05, 4.69) is 15.4 Å². The fraction of sp³-hybridized carbons (Fsp3) is 0.444. The number of pyridine rings is 1. The summed E-state index contributed by atoms with van der Waals surface area (Å²) in [7, 11) is 0. The van der Waals surface area contributed by atoms with E-state index in [1.54, 1.807) is 17.1 Å². The molecule has 1 aliphatic carbocycles. The first-order chi connectivity index (χ1) is 12.2. The van der Waals surface area contributed by atoms with Crippen LogP contribution in [0.5, 0.6) is 0 Å². The van der Waals surface area contributed by atoms with Crippen molar-refractivity contribution in [2.75, 3.05) is 13.1 Å². The smallest absolute Gasteiger partial charge is 0.225 e. The van der Waals surface area contributed by atoms with E-state index >= 15 is 0 Å². The van der Waals surface area contributed by atoms with Gasteiger partial charge < -0.3 is 10.2 Å². The molecule has 7 nitrogen and oxygen atoms in total. The van der Waals surface area contributed by atoms with Crippen molar-refractivity contribution in [3.8, 4) is 5.82 Å². The highest BCUT2D eigenvalue weighted by molar-refractivity contribution is 5.89. The molecule has 1 N–H and O–H groups in total. The SMILES string of the molecule is O=C(NCc1cccnc1-n1cccn1)C1CC(=O)N(CC2CC2)C1. The van der Waals surface area contributed by atoms with Gasteiger partial charge in [-0.3, -0.25) is 9.59 Å². The third-order valence-corrected chi connectivity index (χ3v) is 4.80. The van der Waals surface area contributed by atoms with E-state index in [0.29, 0.717) is 31.2 Å². The summed E-state index contributed by atoms with van der Waals surface area (Å²) in [6.45, 7) is 1.73. The van der Waals surface area contributed by atoms with Gasteiger partial charge in [0.25, 0.3) is 0 Å². The molecule has 130 valence electrons. The van der Waals surface area contributed by atoms with Gasteiger partial charge in [-0.15, -0.1) is 0 Å². The molecular formula is C18H21N5O2. The molecule has 25 heavy (non-hydrogen) atoms. The standard InChI is InChI=1S/C18H21N5O2/c24-16-9-15(12-22(16)11-13-4-5-13)18(25)20-10-14-3-1-6-19-17(14)23-8-2-7-21-23/h1-3,6-8,13,15H,4-5,9-12H2,(H,20,25). The van der Waals surface area contributed by atoms with Crippen LogP contribution in [0.4, 0.5) is 0 Å². The van der Waals surface area contributed by atoms with Crippen LogP contribution >= 0.6 is 0 Å². The summed E-state index contributed by atoms with van der Waals surface area (Å²) in [6, 6.07) is 5.59. The number of rotatable bonds is 6. The lowest BCUT2D eigenvalue weighted by atomic mass is 10.1. The zero-order chi connectivity index (χ0) is 17.2. The normalized spacial score (nSPS) is 20.1. The highest BCUT2D eigenvalue weighted by Gasteiger charge is 2.37. The number of hydrogen-bond donors (Lipinski definition) is 1. The number of likely N-dealkylation sites (tertiary alicyclic amines) is 1. The van der Waals surface area contributed by atoms with Gasteiger partial charge in [0.1, 0.15) is 0 Å². The minimum atomic E-state index is -0.254. The second-order valence-electron chi connectivity index (χ2n) is 6.80. The minimum absolute atomic E-state index is 0.0677. The number of nitrogens with one attached hydrogen (secondary N) is 1. The second-order valence-corrected chi connectivity index (χ2v) is 6.80. The van der Waals surface area contributed by atoms with E-state index in [1.807, 2.05) is 29.3 Å². The van der Waals surface area contributed by atoms with Gasteiger partial charge in [-0.05, 0) is 30.9 Å². The average molecular weight is 339 g/mol. The molecule has 0 radical (unpaired) electrons. The van der Waals surface area contributed by atoms with Crippen LogP contribution < -0.4 is 5.32 Å². The molecule has 1 atom stereocenters. The number of amides is 2. The van der Waals surface area contributed by atoms with Gasteiger partial charge in [0.15, 0.2) is 5.82 Å². The first-order valence-corrected chi connectivity index (χ1v) is 8.70. The van der Waals surface area contributed by atoms with Crippen molar-refractivity contribution in [3.05, 3.63) is 42.4 Å². The predicted octanol–water partition coefficient (Wildman–Crippen LogP) is 1.14. The van der Waals surface area contributed by atoms with E-state index in [0.717, 1.165) is 12.1 Å². The van der Waals surface area contributed by atoms with E-state index in [4.69, 9.17) is 0 Å². The van der Waals surface area contributed by atoms with Crippen molar-refractivity contribution < 1.29 is 9.59 Å². The summed E-state index contributed by atoms with van der Waals surface area (Å²) >= 11 is 0. The lowest BCUT2D eigenvalue weighted by Crippen LogP contribution is -2.33. The topological polar surface area (TPSA) is 80.1 Å². The van der Waals surface area contributed by atoms with E-state index in [9.17, 15) is 9.59 Å². The summed E-state index contributed by atoms with van der Waals surface area (Å²) in [5.41, 5.74) is 0.888. The molecule has 2 fully saturated rings. The molecule has 2 aromatic rings. The van der Waals surface area contributed by atoms with Crippen molar-refractivity contribution in [2.24, 2.45) is 11.8 Å². The van der Waals surface area contributed by atoms with Crippen molar-refractivity contribution >= 4 is 11.8 Å². The van der Waals surface area contributed by atoms with Crippen LogP contribution in [0.1, 0.15) is 24.8 Å². The van der Waals surface area contributed by atoms with Gasteiger partial charge in [0.2, 0.25) is 11.8 Å².